The average molecular weight is 362 g/mol. The van der Waals surface area contributed by atoms with Crippen molar-refractivity contribution in [2.45, 2.75) is 13.5 Å². The SMILES string of the molecule is Cc1onc(-c2ccccc2)c1C(=O)N1CC[NH+](Cc2ccccc2)CC1. The largest absolute Gasteiger partial charge is 0.360 e. The number of carbonyl (C=O) groups is 1. The van der Waals surface area contributed by atoms with Crippen molar-refractivity contribution in [3.63, 3.8) is 0 Å². The van der Waals surface area contributed by atoms with E-state index in [1.165, 1.54) is 10.5 Å². The summed E-state index contributed by atoms with van der Waals surface area (Å²) in [4.78, 5) is 16.6. The Morgan fingerprint density at radius 3 is 2.33 bits per heavy atom. The summed E-state index contributed by atoms with van der Waals surface area (Å²) in [6.07, 6.45) is 0. The summed E-state index contributed by atoms with van der Waals surface area (Å²) < 4.78 is 5.36. The summed E-state index contributed by atoms with van der Waals surface area (Å²) in [6.45, 7) is 6.21. The molecular weight excluding hydrogens is 338 g/mol. The zero-order valence-electron chi connectivity index (χ0n) is 15.5. The number of piperazine rings is 1. The Bertz CT molecular complexity index is 898. The lowest BCUT2D eigenvalue weighted by molar-refractivity contribution is -0.917. The van der Waals surface area contributed by atoms with Gasteiger partial charge in [0.2, 0.25) is 0 Å². The van der Waals surface area contributed by atoms with Crippen molar-refractivity contribution in [3.05, 3.63) is 77.6 Å². The van der Waals surface area contributed by atoms with Crippen molar-refractivity contribution in [3.8, 4) is 11.3 Å². The molecule has 0 atom stereocenters. The quantitative estimate of drug-likeness (QED) is 0.774. The monoisotopic (exact) mass is 362 g/mol. The fourth-order valence-electron chi connectivity index (χ4n) is 3.66. The minimum absolute atomic E-state index is 0.0198. The van der Waals surface area contributed by atoms with Crippen molar-refractivity contribution in [2.24, 2.45) is 0 Å². The average Bonchev–Trinajstić information content (AvgIpc) is 3.11. The highest BCUT2D eigenvalue weighted by atomic mass is 16.5. The van der Waals surface area contributed by atoms with Gasteiger partial charge in [-0.1, -0.05) is 65.8 Å². The molecule has 0 bridgehead atoms. The highest BCUT2D eigenvalue weighted by Gasteiger charge is 2.29. The molecule has 0 spiro atoms. The molecule has 0 radical (unpaired) electrons. The van der Waals surface area contributed by atoms with E-state index < -0.39 is 0 Å². The number of nitrogens with zero attached hydrogens (tertiary/aromatic N) is 2. The van der Waals surface area contributed by atoms with Gasteiger partial charge in [0, 0.05) is 11.1 Å². The van der Waals surface area contributed by atoms with Gasteiger partial charge in [0.25, 0.3) is 5.91 Å². The topological polar surface area (TPSA) is 50.8 Å². The van der Waals surface area contributed by atoms with Crippen LogP contribution in [-0.2, 0) is 6.54 Å². The zero-order chi connectivity index (χ0) is 18.6. The number of rotatable bonds is 4. The molecule has 1 aliphatic heterocycles. The normalized spacial score (nSPS) is 15.1. The van der Waals surface area contributed by atoms with Gasteiger partial charge >= 0.3 is 0 Å². The number of hydrogen-bond donors (Lipinski definition) is 1. The standard InChI is InChI=1S/C22H23N3O2/c1-17-20(21(23-27-17)19-10-6-3-7-11-19)22(26)25-14-12-24(13-15-25)16-18-8-4-2-5-9-18/h2-11H,12-16H2,1H3/p+1. The molecule has 0 saturated carbocycles. The van der Waals surface area contributed by atoms with E-state index in [2.05, 4.69) is 29.4 Å². The van der Waals surface area contributed by atoms with Gasteiger partial charge in [0.1, 0.15) is 23.6 Å². The summed E-state index contributed by atoms with van der Waals surface area (Å²) >= 11 is 0. The van der Waals surface area contributed by atoms with Crippen molar-refractivity contribution < 1.29 is 14.2 Å². The van der Waals surface area contributed by atoms with Gasteiger partial charge in [-0.3, -0.25) is 4.79 Å². The van der Waals surface area contributed by atoms with Crippen molar-refractivity contribution in [1.29, 1.82) is 0 Å². The Morgan fingerprint density at radius 2 is 1.67 bits per heavy atom. The maximum absolute atomic E-state index is 13.2. The lowest BCUT2D eigenvalue weighted by Crippen LogP contribution is -3.13. The summed E-state index contributed by atoms with van der Waals surface area (Å²) in [6, 6.07) is 20.3. The van der Waals surface area contributed by atoms with Gasteiger partial charge < -0.3 is 14.3 Å². The minimum Gasteiger partial charge on any atom is -0.360 e. The van der Waals surface area contributed by atoms with E-state index in [-0.39, 0.29) is 5.91 Å². The van der Waals surface area contributed by atoms with Gasteiger partial charge in [-0.15, -0.1) is 0 Å². The molecule has 4 rings (SSSR count). The van der Waals surface area contributed by atoms with Gasteiger partial charge in [-0.25, -0.2) is 0 Å². The molecular formula is C22H24N3O2+. The summed E-state index contributed by atoms with van der Waals surface area (Å²) in [5, 5.41) is 4.14. The van der Waals surface area contributed by atoms with Crippen molar-refractivity contribution in [1.82, 2.24) is 10.1 Å². The Kier molecular flexibility index (Phi) is 5.03. The second-order valence-corrected chi connectivity index (χ2v) is 7.03. The molecule has 1 N–H and O–H groups in total. The lowest BCUT2D eigenvalue weighted by atomic mass is 10.0. The van der Waals surface area contributed by atoms with Crippen LogP contribution in [0.3, 0.4) is 0 Å². The fourth-order valence-corrected chi connectivity index (χ4v) is 3.66. The van der Waals surface area contributed by atoms with Crippen LogP contribution >= 0.6 is 0 Å². The molecule has 0 aliphatic carbocycles. The Hall–Kier alpha value is -2.92. The van der Waals surface area contributed by atoms with Crippen LogP contribution in [0.15, 0.2) is 65.2 Å². The predicted octanol–water partition coefficient (Wildman–Crippen LogP) is 2.19. The third-order valence-corrected chi connectivity index (χ3v) is 5.18. The third kappa shape index (κ3) is 3.78. The van der Waals surface area contributed by atoms with Crippen LogP contribution in [0, 0.1) is 6.92 Å². The van der Waals surface area contributed by atoms with Crippen LogP contribution in [-0.4, -0.2) is 42.1 Å². The van der Waals surface area contributed by atoms with E-state index >= 15 is 0 Å². The summed E-state index contributed by atoms with van der Waals surface area (Å²) in [5.74, 6) is 0.601. The number of nitrogens with one attached hydrogen (secondary N) is 1. The summed E-state index contributed by atoms with van der Waals surface area (Å²) in [7, 11) is 0. The number of benzene rings is 2. The molecule has 0 unspecified atom stereocenters. The number of aromatic nitrogens is 1. The Balaban J connectivity index is 1.45. The zero-order valence-corrected chi connectivity index (χ0v) is 15.5. The fraction of sp³-hybridized carbons (Fsp3) is 0.273. The lowest BCUT2D eigenvalue weighted by Gasteiger charge is -2.32. The molecule has 1 amide bonds. The molecule has 1 aromatic heterocycles. The Morgan fingerprint density at radius 1 is 1.04 bits per heavy atom. The molecule has 3 aromatic rings. The number of quaternary nitrogens is 1. The maximum atomic E-state index is 13.2. The highest BCUT2D eigenvalue weighted by molar-refractivity contribution is 6.00. The van der Waals surface area contributed by atoms with Crippen LogP contribution < -0.4 is 4.90 Å². The molecule has 5 heteroatoms. The van der Waals surface area contributed by atoms with Crippen LogP contribution in [0.4, 0.5) is 0 Å². The van der Waals surface area contributed by atoms with E-state index in [0.29, 0.717) is 17.0 Å². The molecule has 1 fully saturated rings. The molecule has 2 aromatic carbocycles. The van der Waals surface area contributed by atoms with Crippen LogP contribution in [0.5, 0.6) is 0 Å². The second-order valence-electron chi connectivity index (χ2n) is 7.03. The number of aryl methyl sites for hydroxylation is 1. The Labute approximate surface area is 159 Å². The summed E-state index contributed by atoms with van der Waals surface area (Å²) in [5.41, 5.74) is 3.48. The van der Waals surface area contributed by atoms with E-state index in [1.54, 1.807) is 0 Å². The predicted molar refractivity (Wildman–Crippen MR) is 103 cm³/mol. The van der Waals surface area contributed by atoms with Gasteiger partial charge in [-0.05, 0) is 6.92 Å². The molecule has 27 heavy (non-hydrogen) atoms. The first-order chi connectivity index (χ1) is 13.2. The molecule has 2 heterocycles. The minimum atomic E-state index is 0.0198. The van der Waals surface area contributed by atoms with Crippen molar-refractivity contribution >= 4 is 5.91 Å². The second kappa shape index (κ2) is 7.76. The number of carbonyl (C=O) groups excluding carboxylic acids is 1. The molecule has 1 aliphatic rings. The molecule has 138 valence electrons. The van der Waals surface area contributed by atoms with Crippen LogP contribution in [0.1, 0.15) is 21.7 Å². The maximum Gasteiger partial charge on any atom is 0.260 e. The van der Waals surface area contributed by atoms with Gasteiger partial charge in [0.05, 0.1) is 26.2 Å². The number of amides is 1. The van der Waals surface area contributed by atoms with Crippen LogP contribution in [0.25, 0.3) is 11.3 Å². The smallest absolute Gasteiger partial charge is 0.260 e. The van der Waals surface area contributed by atoms with Crippen LogP contribution in [0.2, 0.25) is 0 Å². The van der Waals surface area contributed by atoms with Crippen molar-refractivity contribution in [2.75, 3.05) is 26.2 Å². The number of hydrogen-bond acceptors (Lipinski definition) is 3. The first kappa shape index (κ1) is 17.5. The molecule has 5 nitrogen and oxygen atoms in total. The first-order valence-electron chi connectivity index (χ1n) is 9.41. The molecule has 1 saturated heterocycles. The van der Waals surface area contributed by atoms with Gasteiger partial charge in [0.15, 0.2) is 0 Å². The van der Waals surface area contributed by atoms with E-state index in [0.717, 1.165) is 38.3 Å². The van der Waals surface area contributed by atoms with E-state index in [1.807, 2.05) is 48.2 Å². The first-order valence-corrected chi connectivity index (χ1v) is 9.41. The van der Waals surface area contributed by atoms with E-state index in [9.17, 15) is 4.79 Å². The van der Waals surface area contributed by atoms with Gasteiger partial charge in [-0.2, -0.15) is 0 Å². The highest BCUT2D eigenvalue weighted by Crippen LogP contribution is 2.26. The third-order valence-electron chi connectivity index (χ3n) is 5.18. The van der Waals surface area contributed by atoms with E-state index in [4.69, 9.17) is 4.52 Å².